The van der Waals surface area contributed by atoms with Gasteiger partial charge in [0.1, 0.15) is 11.4 Å². The zero-order valence-electron chi connectivity index (χ0n) is 14.6. The van der Waals surface area contributed by atoms with Gasteiger partial charge in [0.25, 0.3) is 0 Å². The van der Waals surface area contributed by atoms with Crippen LogP contribution in [0.25, 0.3) is 10.1 Å². The molecule has 3 aromatic rings. The lowest BCUT2D eigenvalue weighted by Gasteiger charge is -2.39. The van der Waals surface area contributed by atoms with Crippen LogP contribution in [0, 0.1) is 0 Å². The summed E-state index contributed by atoms with van der Waals surface area (Å²) in [6.45, 7) is 7.07. The second kappa shape index (κ2) is 6.19. The third-order valence-electron chi connectivity index (χ3n) is 5.00. The maximum absolute atomic E-state index is 13.0. The highest BCUT2D eigenvalue weighted by molar-refractivity contribution is 7.13. The molecule has 2 aromatic heterocycles. The number of anilines is 1. The Balaban J connectivity index is 1.47. The molecule has 0 spiro atoms. The lowest BCUT2D eigenvalue weighted by Crippen LogP contribution is -2.54. The summed E-state index contributed by atoms with van der Waals surface area (Å²) in [4.78, 5) is 17.3. The monoisotopic (exact) mass is 354 g/mol. The normalized spacial score (nSPS) is 15.8. The molecule has 6 heteroatoms. The fourth-order valence-corrected chi connectivity index (χ4v) is 4.22. The number of hydrogen-bond donors (Lipinski definition) is 0. The van der Waals surface area contributed by atoms with Crippen molar-refractivity contribution in [1.82, 2.24) is 13.8 Å². The number of carbonyl (C=O) groups excluding carboxylic acids is 1. The van der Waals surface area contributed by atoms with Crippen LogP contribution in [0.4, 0.5) is 5.82 Å². The molecule has 130 valence electrons. The quantitative estimate of drug-likeness (QED) is 0.725. The summed E-state index contributed by atoms with van der Waals surface area (Å²) in [6, 6.07) is 12.3. The molecule has 0 N–H and O–H groups in total. The number of aromatic nitrogens is 2. The van der Waals surface area contributed by atoms with Crippen LogP contribution in [-0.2, 0) is 10.3 Å². The van der Waals surface area contributed by atoms with Gasteiger partial charge >= 0.3 is 0 Å². The van der Waals surface area contributed by atoms with Crippen molar-refractivity contribution in [2.75, 3.05) is 31.1 Å². The molecule has 0 saturated carbocycles. The van der Waals surface area contributed by atoms with Crippen molar-refractivity contribution in [1.29, 1.82) is 0 Å². The number of hydrogen-bond acceptors (Lipinski definition) is 4. The zero-order chi connectivity index (χ0) is 17.4. The van der Waals surface area contributed by atoms with Gasteiger partial charge in [-0.05, 0) is 49.6 Å². The van der Waals surface area contributed by atoms with Crippen molar-refractivity contribution in [2.24, 2.45) is 0 Å². The summed E-state index contributed by atoms with van der Waals surface area (Å²) in [6.07, 6.45) is 3.91. The Bertz CT molecular complexity index is 876. The van der Waals surface area contributed by atoms with Gasteiger partial charge in [0.15, 0.2) is 0 Å². The van der Waals surface area contributed by atoms with Crippen molar-refractivity contribution in [2.45, 2.75) is 19.4 Å². The molecule has 1 fully saturated rings. The minimum Gasteiger partial charge on any atom is -0.352 e. The molecule has 1 aliphatic heterocycles. The van der Waals surface area contributed by atoms with Gasteiger partial charge in [-0.1, -0.05) is 12.1 Å². The summed E-state index contributed by atoms with van der Waals surface area (Å²) in [5.41, 5.74) is -0.557. The highest BCUT2D eigenvalue weighted by atomic mass is 32.1. The molecule has 0 atom stereocenters. The van der Waals surface area contributed by atoms with Crippen molar-refractivity contribution in [3.63, 3.8) is 0 Å². The standard InChI is InChI=1S/C19H22N4OS/c1-19(2,23-9-5-6-10-23)18(24)22-13-11-21(12-14-22)17-15-7-3-4-8-16(15)25-20-17/h3-10H,11-14H2,1-2H3. The average Bonchev–Trinajstić information content (AvgIpc) is 3.31. The van der Waals surface area contributed by atoms with Crippen LogP contribution in [0.15, 0.2) is 48.8 Å². The van der Waals surface area contributed by atoms with Crippen LogP contribution in [-0.4, -0.2) is 45.9 Å². The molecule has 1 aromatic carbocycles. The van der Waals surface area contributed by atoms with Gasteiger partial charge in [-0.2, -0.15) is 4.37 Å². The molecule has 25 heavy (non-hydrogen) atoms. The fraction of sp³-hybridized carbons (Fsp3) is 0.368. The molecular formula is C19H22N4OS. The van der Waals surface area contributed by atoms with Gasteiger partial charge in [0.2, 0.25) is 5.91 Å². The summed E-state index contributed by atoms with van der Waals surface area (Å²) >= 11 is 1.54. The molecule has 0 radical (unpaired) electrons. The number of rotatable bonds is 3. The van der Waals surface area contributed by atoms with E-state index in [1.165, 1.54) is 10.1 Å². The number of fused-ring (bicyclic) bond motifs is 1. The van der Waals surface area contributed by atoms with Crippen molar-refractivity contribution < 1.29 is 4.79 Å². The van der Waals surface area contributed by atoms with Gasteiger partial charge in [-0.25, -0.2) is 0 Å². The van der Waals surface area contributed by atoms with Gasteiger partial charge in [0.05, 0.1) is 4.70 Å². The zero-order valence-corrected chi connectivity index (χ0v) is 15.4. The van der Waals surface area contributed by atoms with Crippen LogP contribution in [0.2, 0.25) is 0 Å². The summed E-state index contributed by atoms with van der Waals surface area (Å²) in [7, 11) is 0. The summed E-state index contributed by atoms with van der Waals surface area (Å²) in [5.74, 6) is 1.23. The molecule has 0 unspecified atom stereocenters. The Morgan fingerprint density at radius 2 is 1.72 bits per heavy atom. The van der Waals surface area contributed by atoms with Gasteiger partial charge in [0, 0.05) is 44.0 Å². The Morgan fingerprint density at radius 1 is 1.04 bits per heavy atom. The predicted molar refractivity (Wildman–Crippen MR) is 102 cm³/mol. The van der Waals surface area contributed by atoms with E-state index in [0.717, 1.165) is 32.0 Å². The third kappa shape index (κ3) is 2.80. The fourth-order valence-electron chi connectivity index (χ4n) is 3.43. The topological polar surface area (TPSA) is 41.4 Å². The lowest BCUT2D eigenvalue weighted by molar-refractivity contribution is -0.139. The first kappa shape index (κ1) is 16.1. The first-order valence-electron chi connectivity index (χ1n) is 8.59. The summed E-state index contributed by atoms with van der Waals surface area (Å²) < 4.78 is 7.83. The van der Waals surface area contributed by atoms with E-state index in [4.69, 9.17) is 0 Å². The molecule has 0 bridgehead atoms. The van der Waals surface area contributed by atoms with Crippen molar-refractivity contribution in [3.8, 4) is 0 Å². The number of benzene rings is 1. The van der Waals surface area contributed by atoms with Gasteiger partial charge < -0.3 is 14.4 Å². The molecule has 1 saturated heterocycles. The number of nitrogens with zero attached hydrogens (tertiary/aromatic N) is 4. The highest BCUT2D eigenvalue weighted by Crippen LogP contribution is 2.30. The Kier molecular flexibility index (Phi) is 4.00. The van der Waals surface area contributed by atoms with E-state index >= 15 is 0 Å². The molecule has 4 rings (SSSR count). The molecule has 5 nitrogen and oxygen atoms in total. The minimum absolute atomic E-state index is 0.173. The van der Waals surface area contributed by atoms with Crippen molar-refractivity contribution >= 4 is 33.3 Å². The van der Waals surface area contributed by atoms with Crippen LogP contribution in [0.1, 0.15) is 13.8 Å². The van der Waals surface area contributed by atoms with Gasteiger partial charge in [-0.15, -0.1) is 0 Å². The minimum atomic E-state index is -0.557. The highest BCUT2D eigenvalue weighted by Gasteiger charge is 2.35. The smallest absolute Gasteiger partial charge is 0.248 e. The lowest BCUT2D eigenvalue weighted by atomic mass is 10.0. The van der Waals surface area contributed by atoms with E-state index in [1.54, 1.807) is 11.5 Å². The first-order chi connectivity index (χ1) is 12.1. The second-order valence-corrected chi connectivity index (χ2v) is 7.74. The average molecular weight is 354 g/mol. The maximum atomic E-state index is 13.0. The SMILES string of the molecule is CC(C)(C(=O)N1CCN(c2nsc3ccccc23)CC1)n1cccc1. The second-order valence-electron chi connectivity index (χ2n) is 6.93. The van der Waals surface area contributed by atoms with E-state index < -0.39 is 5.54 Å². The number of piperazine rings is 1. The van der Waals surface area contributed by atoms with Crippen LogP contribution >= 0.6 is 11.5 Å². The van der Waals surface area contributed by atoms with E-state index in [9.17, 15) is 4.79 Å². The Labute approximate surface area is 151 Å². The largest absolute Gasteiger partial charge is 0.352 e. The Hall–Kier alpha value is -2.34. The summed E-state index contributed by atoms with van der Waals surface area (Å²) in [5, 5.41) is 1.21. The van der Waals surface area contributed by atoms with Crippen LogP contribution < -0.4 is 4.90 Å². The van der Waals surface area contributed by atoms with Crippen LogP contribution in [0.3, 0.4) is 0 Å². The molecule has 0 aliphatic carbocycles. The number of carbonyl (C=O) groups is 1. The third-order valence-corrected chi connectivity index (χ3v) is 5.82. The molecule has 3 heterocycles. The van der Waals surface area contributed by atoms with Crippen LogP contribution in [0.5, 0.6) is 0 Å². The van der Waals surface area contributed by atoms with E-state index in [-0.39, 0.29) is 5.91 Å². The van der Waals surface area contributed by atoms with Gasteiger partial charge in [-0.3, -0.25) is 4.79 Å². The van der Waals surface area contributed by atoms with E-state index in [0.29, 0.717) is 0 Å². The van der Waals surface area contributed by atoms with E-state index in [1.807, 2.05) is 53.9 Å². The first-order valence-corrected chi connectivity index (χ1v) is 9.37. The molecule has 1 aliphatic rings. The van der Waals surface area contributed by atoms with Crippen molar-refractivity contribution in [3.05, 3.63) is 48.8 Å². The maximum Gasteiger partial charge on any atom is 0.248 e. The number of amides is 1. The molecular weight excluding hydrogens is 332 g/mol. The Morgan fingerprint density at radius 3 is 2.44 bits per heavy atom. The molecule has 1 amide bonds. The van der Waals surface area contributed by atoms with E-state index in [2.05, 4.69) is 27.5 Å². The predicted octanol–water partition coefficient (Wildman–Crippen LogP) is 3.18.